The van der Waals surface area contributed by atoms with Crippen LogP contribution in [0.1, 0.15) is 24.0 Å². The largest absolute Gasteiger partial charge is 0.397 e. The van der Waals surface area contributed by atoms with Crippen molar-refractivity contribution in [3.63, 3.8) is 0 Å². The molecular weight excluding hydrogens is 678 g/mol. The topological polar surface area (TPSA) is 132 Å². The molecule has 0 radical (unpaired) electrons. The Morgan fingerprint density at radius 3 is 2.35 bits per heavy atom. The minimum Gasteiger partial charge on any atom is -0.397 e. The third-order valence-electron chi connectivity index (χ3n) is 7.98. The number of nitrogens with two attached hydrogens (primary N) is 1. The molecule has 5 rings (SSSR count). The molecule has 10 nitrogen and oxygen atoms in total. The molecule has 0 bridgehead atoms. The molecule has 3 aromatic rings. The summed E-state index contributed by atoms with van der Waals surface area (Å²) in [6, 6.07) is 17.7. The van der Waals surface area contributed by atoms with Gasteiger partial charge in [0.15, 0.2) is 0 Å². The monoisotopic (exact) mass is 711 g/mol. The van der Waals surface area contributed by atoms with E-state index in [4.69, 9.17) is 5.73 Å². The molecule has 0 unspecified atom stereocenters. The van der Waals surface area contributed by atoms with Crippen molar-refractivity contribution in [2.45, 2.75) is 37.8 Å². The van der Waals surface area contributed by atoms with Gasteiger partial charge in [-0.3, -0.25) is 4.79 Å². The standard InChI is InChI=1S/C31H35Br2N7O3/c1-35-25-8-4-5-9-26(25)36-29(41)27(18-19-16-22(32)28(34)23(33)17-19)38-30(42)39-13-11-21(12-14-39)40-15-10-20-6-2-3-7-24(20)37-31(40)43/h2-9,16-17,21,27,35H,10-15,18,34H2,1H3,(H,36,41)(H,37,43)(H,38,42)/t27-/m1/s1. The minimum absolute atomic E-state index is 0.0278. The number of urea groups is 2. The zero-order chi connectivity index (χ0) is 30.5. The van der Waals surface area contributed by atoms with Gasteiger partial charge in [0.25, 0.3) is 0 Å². The lowest BCUT2D eigenvalue weighted by atomic mass is 10.0. The molecule has 2 aliphatic heterocycles. The van der Waals surface area contributed by atoms with Crippen LogP contribution in [0.4, 0.5) is 32.3 Å². The average molecular weight is 713 g/mol. The maximum Gasteiger partial charge on any atom is 0.322 e. The number of nitrogen functional groups attached to an aromatic ring is 1. The zero-order valence-electron chi connectivity index (χ0n) is 23.8. The quantitative estimate of drug-likeness (QED) is 0.202. The summed E-state index contributed by atoms with van der Waals surface area (Å²) >= 11 is 6.95. The number of fused-ring (bicyclic) bond motifs is 1. The highest BCUT2D eigenvalue weighted by Crippen LogP contribution is 2.30. The maximum absolute atomic E-state index is 13.6. The lowest BCUT2D eigenvalue weighted by Gasteiger charge is -2.38. The lowest BCUT2D eigenvalue weighted by molar-refractivity contribution is -0.118. The first-order valence-corrected chi connectivity index (χ1v) is 15.8. The Balaban J connectivity index is 1.26. The predicted octanol–water partition coefficient (Wildman–Crippen LogP) is 5.65. The van der Waals surface area contributed by atoms with Crippen LogP contribution in [0.2, 0.25) is 0 Å². The first-order chi connectivity index (χ1) is 20.7. The third-order valence-corrected chi connectivity index (χ3v) is 9.29. The van der Waals surface area contributed by atoms with Crippen LogP contribution < -0.4 is 27.0 Å². The van der Waals surface area contributed by atoms with Gasteiger partial charge in [-0.15, -0.1) is 0 Å². The van der Waals surface area contributed by atoms with E-state index < -0.39 is 6.04 Å². The van der Waals surface area contributed by atoms with E-state index >= 15 is 0 Å². The Hall–Kier alpha value is -3.77. The number of para-hydroxylation sites is 3. The number of hydrogen-bond acceptors (Lipinski definition) is 5. The summed E-state index contributed by atoms with van der Waals surface area (Å²) in [7, 11) is 1.78. The van der Waals surface area contributed by atoms with Crippen molar-refractivity contribution >= 4 is 72.6 Å². The molecule has 3 aromatic carbocycles. The van der Waals surface area contributed by atoms with Crippen molar-refractivity contribution in [3.8, 4) is 0 Å². The Labute approximate surface area is 268 Å². The Morgan fingerprint density at radius 2 is 1.65 bits per heavy atom. The van der Waals surface area contributed by atoms with Gasteiger partial charge in [-0.2, -0.15) is 0 Å². The van der Waals surface area contributed by atoms with Gasteiger partial charge in [-0.05, 0) is 92.6 Å². The number of rotatable bonds is 7. The summed E-state index contributed by atoms with van der Waals surface area (Å²) in [4.78, 5) is 43.7. The van der Waals surface area contributed by atoms with Crippen molar-refractivity contribution in [2.75, 3.05) is 48.4 Å². The summed E-state index contributed by atoms with van der Waals surface area (Å²) in [6.07, 6.45) is 2.34. The van der Waals surface area contributed by atoms with E-state index in [1.165, 1.54) is 0 Å². The van der Waals surface area contributed by atoms with Gasteiger partial charge in [0, 0.05) is 53.8 Å². The second kappa shape index (κ2) is 13.7. The first kappa shape index (κ1) is 30.7. The van der Waals surface area contributed by atoms with Crippen molar-refractivity contribution in [2.24, 2.45) is 0 Å². The molecule has 0 aromatic heterocycles. The first-order valence-electron chi connectivity index (χ1n) is 14.3. The summed E-state index contributed by atoms with van der Waals surface area (Å²) < 4.78 is 1.40. The fourth-order valence-electron chi connectivity index (χ4n) is 5.59. The molecule has 0 aliphatic carbocycles. The Kier molecular flexibility index (Phi) is 9.76. The van der Waals surface area contributed by atoms with Crippen LogP contribution in [0.5, 0.6) is 0 Å². The fraction of sp³-hybridized carbons (Fsp3) is 0.323. The summed E-state index contributed by atoms with van der Waals surface area (Å²) in [5, 5.41) is 12.0. The van der Waals surface area contributed by atoms with Crippen LogP contribution in [0.25, 0.3) is 0 Å². The second-order valence-corrected chi connectivity index (χ2v) is 12.4. The van der Waals surface area contributed by atoms with Gasteiger partial charge < -0.3 is 36.8 Å². The highest BCUT2D eigenvalue weighted by atomic mass is 79.9. The van der Waals surface area contributed by atoms with Crippen LogP contribution in [0.15, 0.2) is 69.6 Å². The SMILES string of the molecule is CNc1ccccc1NC(=O)[C@@H](Cc1cc(Br)c(N)c(Br)c1)NC(=O)N1CCC(N2CCc3ccccc3NC2=O)CC1. The number of nitrogens with one attached hydrogen (secondary N) is 4. The van der Waals surface area contributed by atoms with E-state index in [-0.39, 0.29) is 30.4 Å². The van der Waals surface area contributed by atoms with Gasteiger partial charge in [0.05, 0.1) is 17.1 Å². The molecule has 5 amide bonds. The molecular formula is C31H35Br2N7O3. The number of hydrogen-bond donors (Lipinski definition) is 5. The summed E-state index contributed by atoms with van der Waals surface area (Å²) in [6.45, 7) is 1.58. The molecule has 0 spiro atoms. The number of benzene rings is 3. The Morgan fingerprint density at radius 1 is 1.00 bits per heavy atom. The van der Waals surface area contributed by atoms with Gasteiger partial charge in [-0.25, -0.2) is 9.59 Å². The smallest absolute Gasteiger partial charge is 0.322 e. The molecule has 43 heavy (non-hydrogen) atoms. The molecule has 6 N–H and O–H groups in total. The molecule has 12 heteroatoms. The van der Waals surface area contributed by atoms with Gasteiger partial charge in [-0.1, -0.05) is 30.3 Å². The van der Waals surface area contributed by atoms with E-state index in [0.717, 1.165) is 28.9 Å². The molecule has 2 heterocycles. The highest BCUT2D eigenvalue weighted by Gasteiger charge is 2.32. The van der Waals surface area contributed by atoms with Crippen LogP contribution in [-0.4, -0.2) is 66.5 Å². The lowest BCUT2D eigenvalue weighted by Crippen LogP contribution is -2.55. The van der Waals surface area contributed by atoms with E-state index in [1.807, 2.05) is 59.5 Å². The van der Waals surface area contributed by atoms with Crippen LogP contribution >= 0.6 is 31.9 Å². The molecule has 1 saturated heterocycles. The van der Waals surface area contributed by atoms with E-state index in [0.29, 0.717) is 52.8 Å². The number of carbonyl (C=O) groups is 3. The van der Waals surface area contributed by atoms with Crippen molar-refractivity contribution in [3.05, 3.63) is 80.7 Å². The molecule has 226 valence electrons. The van der Waals surface area contributed by atoms with Gasteiger partial charge in [0.1, 0.15) is 6.04 Å². The van der Waals surface area contributed by atoms with Gasteiger partial charge in [0.2, 0.25) is 5.91 Å². The highest BCUT2D eigenvalue weighted by molar-refractivity contribution is 9.11. The van der Waals surface area contributed by atoms with Crippen molar-refractivity contribution in [1.29, 1.82) is 0 Å². The number of nitrogens with zero attached hydrogens (tertiary/aromatic N) is 2. The fourth-order valence-corrected chi connectivity index (χ4v) is 6.87. The number of piperidine rings is 1. The second-order valence-electron chi connectivity index (χ2n) is 10.7. The summed E-state index contributed by atoms with van der Waals surface area (Å²) in [5.41, 5.74) is 10.8. The number of amides is 5. The number of anilines is 4. The minimum atomic E-state index is -0.854. The van der Waals surface area contributed by atoms with E-state index in [2.05, 4.69) is 53.1 Å². The zero-order valence-corrected chi connectivity index (χ0v) is 27.0. The molecule has 2 aliphatic rings. The number of halogens is 2. The molecule has 1 atom stereocenters. The van der Waals surface area contributed by atoms with Crippen LogP contribution in [0, 0.1) is 0 Å². The molecule has 0 saturated carbocycles. The molecule has 1 fully saturated rings. The van der Waals surface area contributed by atoms with Crippen LogP contribution in [-0.2, 0) is 17.6 Å². The normalized spacial score (nSPS) is 16.0. The van der Waals surface area contributed by atoms with Crippen molar-refractivity contribution in [1.82, 2.24) is 15.1 Å². The summed E-state index contributed by atoms with van der Waals surface area (Å²) in [5.74, 6) is -0.337. The Bertz CT molecular complexity index is 1490. The third kappa shape index (κ3) is 7.24. The number of likely N-dealkylation sites (tertiary alicyclic amines) is 1. The van der Waals surface area contributed by atoms with Gasteiger partial charge >= 0.3 is 12.1 Å². The van der Waals surface area contributed by atoms with E-state index in [1.54, 1.807) is 18.0 Å². The maximum atomic E-state index is 13.6. The average Bonchev–Trinajstić information content (AvgIpc) is 3.17. The van der Waals surface area contributed by atoms with Crippen LogP contribution in [0.3, 0.4) is 0 Å². The predicted molar refractivity (Wildman–Crippen MR) is 177 cm³/mol. The van der Waals surface area contributed by atoms with E-state index in [9.17, 15) is 14.4 Å². The van der Waals surface area contributed by atoms with Crippen molar-refractivity contribution < 1.29 is 14.4 Å². The number of carbonyl (C=O) groups excluding carboxylic acids is 3.